The molecule has 1 fully saturated rings. The molecule has 20 heavy (non-hydrogen) atoms. The van der Waals surface area contributed by atoms with Gasteiger partial charge in [0, 0.05) is 28.7 Å². The van der Waals surface area contributed by atoms with Crippen molar-refractivity contribution in [3.8, 4) is 0 Å². The van der Waals surface area contributed by atoms with Crippen LogP contribution in [0.1, 0.15) is 41.6 Å². The Morgan fingerprint density at radius 2 is 2.15 bits per heavy atom. The van der Waals surface area contributed by atoms with Crippen molar-refractivity contribution >= 4 is 22.5 Å². The van der Waals surface area contributed by atoms with E-state index >= 15 is 0 Å². The second kappa shape index (κ2) is 4.71. The molecule has 0 unspecified atom stereocenters. The lowest BCUT2D eigenvalue weighted by atomic mass is 9.99. The summed E-state index contributed by atoms with van der Waals surface area (Å²) in [6.45, 7) is 3.06. The van der Waals surface area contributed by atoms with Gasteiger partial charge in [0.05, 0.1) is 5.52 Å². The minimum atomic E-state index is 0.740. The van der Waals surface area contributed by atoms with Gasteiger partial charge < -0.3 is 5.32 Å². The van der Waals surface area contributed by atoms with E-state index in [1.165, 1.54) is 47.9 Å². The molecular weight excluding hydrogens is 268 g/mol. The molecule has 0 spiro atoms. The average molecular weight is 287 g/mol. The van der Waals surface area contributed by atoms with Gasteiger partial charge in [-0.2, -0.15) is 0 Å². The molecular formula is C17H19ClN2. The number of aromatic nitrogens is 1. The summed E-state index contributed by atoms with van der Waals surface area (Å²) in [5.41, 5.74) is 6.48. The van der Waals surface area contributed by atoms with Crippen LogP contribution in [0.15, 0.2) is 12.1 Å². The molecule has 0 amide bonds. The van der Waals surface area contributed by atoms with E-state index < -0.39 is 0 Å². The first-order valence-electron chi connectivity index (χ1n) is 7.57. The number of hydrogen-bond donors (Lipinski definition) is 1. The summed E-state index contributed by atoms with van der Waals surface area (Å²) in [4.78, 5) is 4.91. The van der Waals surface area contributed by atoms with Gasteiger partial charge in [0.25, 0.3) is 0 Å². The minimum Gasteiger partial charge on any atom is -0.310 e. The molecule has 2 aromatic rings. The van der Waals surface area contributed by atoms with E-state index in [4.69, 9.17) is 16.6 Å². The van der Waals surface area contributed by atoms with Crippen LogP contribution >= 0.6 is 11.6 Å². The van der Waals surface area contributed by atoms with Gasteiger partial charge in [-0.05, 0) is 61.8 Å². The topological polar surface area (TPSA) is 24.9 Å². The summed E-state index contributed by atoms with van der Waals surface area (Å²) in [5, 5.41) is 5.78. The molecule has 0 bridgehead atoms. The highest BCUT2D eigenvalue weighted by atomic mass is 35.5. The number of aryl methyl sites for hydroxylation is 2. The van der Waals surface area contributed by atoms with Crippen LogP contribution in [0, 0.1) is 6.92 Å². The lowest BCUT2D eigenvalue weighted by Crippen LogP contribution is -2.17. The third-order valence-electron chi connectivity index (χ3n) is 4.63. The van der Waals surface area contributed by atoms with Gasteiger partial charge in [-0.15, -0.1) is 0 Å². The third kappa shape index (κ3) is 2.02. The average Bonchev–Trinajstić information content (AvgIpc) is 3.16. The largest absolute Gasteiger partial charge is 0.310 e. The summed E-state index contributed by atoms with van der Waals surface area (Å²) in [6, 6.07) is 4.91. The standard InChI is InChI=1S/C17H19ClN2/c1-10-15(18)8-7-13-14(9-19-11-5-6-11)12-3-2-4-16(12)20-17(10)13/h7-8,11,19H,2-6,9H2,1H3. The second-order valence-electron chi connectivity index (χ2n) is 6.09. The zero-order valence-electron chi connectivity index (χ0n) is 11.8. The number of nitrogens with zero attached hydrogens (tertiary/aromatic N) is 1. The van der Waals surface area contributed by atoms with Crippen molar-refractivity contribution in [1.29, 1.82) is 0 Å². The molecule has 3 heteroatoms. The Bertz CT molecular complexity index is 689. The van der Waals surface area contributed by atoms with Gasteiger partial charge in [0.2, 0.25) is 0 Å². The molecule has 4 rings (SSSR count). The van der Waals surface area contributed by atoms with Gasteiger partial charge in [0.15, 0.2) is 0 Å². The van der Waals surface area contributed by atoms with E-state index in [1.807, 2.05) is 6.07 Å². The SMILES string of the molecule is Cc1c(Cl)ccc2c(CNC3CC3)c3c(nc12)CCC3. The first-order chi connectivity index (χ1) is 9.74. The van der Waals surface area contributed by atoms with E-state index in [0.717, 1.165) is 35.1 Å². The number of pyridine rings is 1. The number of benzene rings is 1. The van der Waals surface area contributed by atoms with Gasteiger partial charge in [-0.1, -0.05) is 17.7 Å². The zero-order valence-corrected chi connectivity index (χ0v) is 12.6. The number of halogens is 1. The van der Waals surface area contributed by atoms with Crippen LogP contribution in [-0.4, -0.2) is 11.0 Å². The van der Waals surface area contributed by atoms with Crippen LogP contribution in [0.2, 0.25) is 5.02 Å². The van der Waals surface area contributed by atoms with Gasteiger partial charge >= 0.3 is 0 Å². The molecule has 2 nitrogen and oxygen atoms in total. The predicted octanol–water partition coefficient (Wildman–Crippen LogP) is 3.94. The molecule has 1 saturated carbocycles. The Labute approximate surface area is 124 Å². The quantitative estimate of drug-likeness (QED) is 0.924. The molecule has 1 N–H and O–H groups in total. The second-order valence-corrected chi connectivity index (χ2v) is 6.50. The molecule has 0 aliphatic heterocycles. The lowest BCUT2D eigenvalue weighted by Gasteiger charge is -2.15. The first-order valence-corrected chi connectivity index (χ1v) is 7.94. The fourth-order valence-electron chi connectivity index (χ4n) is 3.27. The first kappa shape index (κ1) is 12.6. The highest BCUT2D eigenvalue weighted by Crippen LogP contribution is 2.34. The third-order valence-corrected chi connectivity index (χ3v) is 5.04. The summed E-state index contributed by atoms with van der Waals surface area (Å²) in [5.74, 6) is 0. The predicted molar refractivity (Wildman–Crippen MR) is 83.4 cm³/mol. The van der Waals surface area contributed by atoms with Crippen molar-refractivity contribution in [1.82, 2.24) is 10.3 Å². The van der Waals surface area contributed by atoms with Crippen molar-refractivity contribution in [3.63, 3.8) is 0 Å². The number of fused-ring (bicyclic) bond motifs is 2. The molecule has 1 heterocycles. The number of nitrogens with one attached hydrogen (secondary N) is 1. The van der Waals surface area contributed by atoms with Crippen molar-refractivity contribution in [2.24, 2.45) is 0 Å². The van der Waals surface area contributed by atoms with Crippen molar-refractivity contribution in [2.45, 2.75) is 51.6 Å². The maximum atomic E-state index is 6.27. The maximum absolute atomic E-state index is 6.27. The van der Waals surface area contributed by atoms with Crippen LogP contribution in [0.25, 0.3) is 10.9 Å². The Kier molecular flexibility index (Phi) is 2.97. The fourth-order valence-corrected chi connectivity index (χ4v) is 3.43. The molecule has 2 aliphatic rings. The molecule has 2 aliphatic carbocycles. The van der Waals surface area contributed by atoms with Crippen LogP contribution in [0.4, 0.5) is 0 Å². The molecule has 0 atom stereocenters. The van der Waals surface area contributed by atoms with E-state index in [9.17, 15) is 0 Å². The molecule has 0 radical (unpaired) electrons. The zero-order chi connectivity index (χ0) is 13.7. The highest BCUT2D eigenvalue weighted by molar-refractivity contribution is 6.32. The monoisotopic (exact) mass is 286 g/mol. The van der Waals surface area contributed by atoms with E-state index in [-0.39, 0.29) is 0 Å². The van der Waals surface area contributed by atoms with Crippen LogP contribution in [0.3, 0.4) is 0 Å². The molecule has 1 aromatic heterocycles. The Balaban J connectivity index is 1.90. The Morgan fingerprint density at radius 3 is 2.95 bits per heavy atom. The minimum absolute atomic E-state index is 0.740. The Hall–Kier alpha value is -1.12. The molecule has 0 saturated heterocycles. The smallest absolute Gasteiger partial charge is 0.0752 e. The summed E-state index contributed by atoms with van der Waals surface area (Å²) in [7, 11) is 0. The van der Waals surface area contributed by atoms with Crippen LogP contribution < -0.4 is 5.32 Å². The summed E-state index contributed by atoms with van der Waals surface area (Å²) >= 11 is 6.27. The summed E-state index contributed by atoms with van der Waals surface area (Å²) < 4.78 is 0. The van der Waals surface area contributed by atoms with Crippen molar-refractivity contribution < 1.29 is 0 Å². The van der Waals surface area contributed by atoms with Gasteiger partial charge in [0.1, 0.15) is 0 Å². The van der Waals surface area contributed by atoms with Gasteiger partial charge in [-0.3, -0.25) is 4.98 Å². The van der Waals surface area contributed by atoms with E-state index in [1.54, 1.807) is 0 Å². The van der Waals surface area contributed by atoms with Crippen molar-refractivity contribution in [3.05, 3.63) is 39.5 Å². The van der Waals surface area contributed by atoms with Crippen LogP contribution in [0.5, 0.6) is 0 Å². The maximum Gasteiger partial charge on any atom is 0.0752 e. The van der Waals surface area contributed by atoms with E-state index in [0.29, 0.717) is 0 Å². The molecule has 104 valence electrons. The number of rotatable bonds is 3. The van der Waals surface area contributed by atoms with Gasteiger partial charge in [-0.25, -0.2) is 0 Å². The van der Waals surface area contributed by atoms with E-state index in [2.05, 4.69) is 18.3 Å². The Morgan fingerprint density at radius 1 is 1.30 bits per heavy atom. The van der Waals surface area contributed by atoms with Crippen LogP contribution in [-0.2, 0) is 19.4 Å². The highest BCUT2D eigenvalue weighted by Gasteiger charge is 2.24. The normalized spacial score (nSPS) is 17.7. The summed E-state index contributed by atoms with van der Waals surface area (Å²) in [6.07, 6.45) is 6.20. The number of hydrogen-bond acceptors (Lipinski definition) is 2. The molecule has 1 aromatic carbocycles. The van der Waals surface area contributed by atoms with Crippen molar-refractivity contribution in [2.75, 3.05) is 0 Å². The lowest BCUT2D eigenvalue weighted by molar-refractivity contribution is 0.686. The fraction of sp³-hybridized carbons (Fsp3) is 0.471.